The van der Waals surface area contributed by atoms with Crippen molar-refractivity contribution in [3.05, 3.63) is 45.6 Å². The topological polar surface area (TPSA) is 73.4 Å². The monoisotopic (exact) mass is 370 g/mol. The van der Waals surface area contributed by atoms with Gasteiger partial charge in [0.1, 0.15) is 0 Å². The number of amides is 1. The fourth-order valence-electron chi connectivity index (χ4n) is 2.27. The standard InChI is InChI=1S/C17H24Cl2N4O/c1-3-22(4-2)10-11-23(17(24)16(21)8-9-20)12-13-14(18)6-5-7-15(13)19/h5-9,20H,3-4,10-12,21H2,1-2H3/b16-8-,20-9?. The highest BCUT2D eigenvalue weighted by molar-refractivity contribution is 6.36. The van der Waals surface area contributed by atoms with Gasteiger partial charge >= 0.3 is 0 Å². The molecule has 1 amide bonds. The van der Waals surface area contributed by atoms with E-state index in [9.17, 15) is 4.79 Å². The molecule has 1 aromatic carbocycles. The van der Waals surface area contributed by atoms with Gasteiger partial charge in [-0.2, -0.15) is 0 Å². The smallest absolute Gasteiger partial charge is 0.270 e. The van der Waals surface area contributed by atoms with Crippen LogP contribution in [0.5, 0.6) is 0 Å². The lowest BCUT2D eigenvalue weighted by Gasteiger charge is -2.27. The first-order chi connectivity index (χ1) is 11.4. The minimum atomic E-state index is -0.332. The second-order valence-electron chi connectivity index (χ2n) is 5.24. The van der Waals surface area contributed by atoms with Crippen molar-refractivity contribution in [2.75, 3.05) is 26.2 Å². The molecule has 0 aliphatic rings. The maximum atomic E-state index is 12.6. The zero-order valence-electron chi connectivity index (χ0n) is 14.1. The molecule has 0 radical (unpaired) electrons. The van der Waals surface area contributed by atoms with Crippen LogP contribution in [0, 0.1) is 5.41 Å². The molecule has 0 heterocycles. The molecular formula is C17H24Cl2N4O. The summed E-state index contributed by atoms with van der Waals surface area (Å²) in [5.41, 5.74) is 6.48. The van der Waals surface area contributed by atoms with E-state index in [0.717, 1.165) is 25.8 Å². The van der Waals surface area contributed by atoms with E-state index in [4.69, 9.17) is 34.3 Å². The number of likely N-dealkylation sites (N-methyl/N-ethyl adjacent to an activating group) is 1. The van der Waals surface area contributed by atoms with Crippen LogP contribution in [0.1, 0.15) is 19.4 Å². The predicted molar refractivity (Wildman–Crippen MR) is 101 cm³/mol. The van der Waals surface area contributed by atoms with Gasteiger partial charge in [0.2, 0.25) is 0 Å². The lowest BCUT2D eigenvalue weighted by Crippen LogP contribution is -2.40. The zero-order valence-corrected chi connectivity index (χ0v) is 15.6. The summed E-state index contributed by atoms with van der Waals surface area (Å²) in [7, 11) is 0. The van der Waals surface area contributed by atoms with E-state index in [0.29, 0.717) is 22.2 Å². The van der Waals surface area contributed by atoms with Crippen LogP contribution in [0.15, 0.2) is 30.0 Å². The van der Waals surface area contributed by atoms with E-state index in [-0.39, 0.29) is 18.1 Å². The van der Waals surface area contributed by atoms with Crippen LogP contribution >= 0.6 is 23.2 Å². The Kier molecular flexibility index (Phi) is 8.82. The number of nitrogens with zero attached hydrogens (tertiary/aromatic N) is 2. The summed E-state index contributed by atoms with van der Waals surface area (Å²) < 4.78 is 0. The lowest BCUT2D eigenvalue weighted by molar-refractivity contribution is -0.128. The molecule has 0 saturated carbocycles. The zero-order chi connectivity index (χ0) is 18.1. The molecule has 0 spiro atoms. The normalized spacial score (nSPS) is 11.6. The Morgan fingerprint density at radius 2 is 1.79 bits per heavy atom. The fraction of sp³-hybridized carbons (Fsp3) is 0.412. The van der Waals surface area contributed by atoms with Crippen molar-refractivity contribution in [2.45, 2.75) is 20.4 Å². The fourth-order valence-corrected chi connectivity index (χ4v) is 2.79. The number of benzene rings is 1. The minimum absolute atomic E-state index is 0.0210. The molecule has 0 unspecified atom stereocenters. The molecule has 7 heteroatoms. The average molecular weight is 371 g/mol. The van der Waals surface area contributed by atoms with Gasteiger partial charge in [-0.25, -0.2) is 0 Å². The van der Waals surface area contributed by atoms with Crippen LogP contribution in [0.3, 0.4) is 0 Å². The van der Waals surface area contributed by atoms with E-state index in [1.54, 1.807) is 23.1 Å². The van der Waals surface area contributed by atoms with Gasteiger partial charge in [0.15, 0.2) is 0 Å². The number of rotatable bonds is 9. The number of halogens is 2. The molecule has 0 aliphatic carbocycles. The minimum Gasteiger partial charge on any atom is -0.394 e. The summed E-state index contributed by atoms with van der Waals surface area (Å²) in [6, 6.07) is 5.25. The van der Waals surface area contributed by atoms with Gasteiger partial charge in [-0.1, -0.05) is 43.1 Å². The van der Waals surface area contributed by atoms with E-state index in [2.05, 4.69) is 18.7 Å². The quantitative estimate of drug-likeness (QED) is 0.517. The summed E-state index contributed by atoms with van der Waals surface area (Å²) >= 11 is 12.4. The summed E-state index contributed by atoms with van der Waals surface area (Å²) in [5, 5.41) is 8.11. The van der Waals surface area contributed by atoms with Crippen LogP contribution in [0.4, 0.5) is 0 Å². The van der Waals surface area contributed by atoms with Crippen molar-refractivity contribution in [1.82, 2.24) is 9.80 Å². The number of hydrogen-bond acceptors (Lipinski definition) is 4. The molecule has 0 aliphatic heterocycles. The molecule has 3 N–H and O–H groups in total. The first kappa shape index (κ1) is 20.5. The Morgan fingerprint density at radius 1 is 1.21 bits per heavy atom. The van der Waals surface area contributed by atoms with Crippen molar-refractivity contribution >= 4 is 35.3 Å². The van der Waals surface area contributed by atoms with Crippen LogP contribution < -0.4 is 5.73 Å². The van der Waals surface area contributed by atoms with Crippen molar-refractivity contribution in [2.24, 2.45) is 5.73 Å². The van der Waals surface area contributed by atoms with E-state index >= 15 is 0 Å². The predicted octanol–water partition coefficient (Wildman–Crippen LogP) is 3.16. The number of allylic oxidation sites excluding steroid dienone is 1. The van der Waals surface area contributed by atoms with Crippen molar-refractivity contribution in [3.63, 3.8) is 0 Å². The van der Waals surface area contributed by atoms with Crippen molar-refractivity contribution in [3.8, 4) is 0 Å². The molecule has 1 rings (SSSR count). The lowest BCUT2D eigenvalue weighted by atomic mass is 10.2. The van der Waals surface area contributed by atoms with E-state index in [1.807, 2.05) is 0 Å². The van der Waals surface area contributed by atoms with Crippen LogP contribution in [-0.4, -0.2) is 48.1 Å². The Labute approximate surface area is 153 Å². The summed E-state index contributed by atoms with van der Waals surface area (Å²) in [4.78, 5) is 16.4. The molecule has 5 nitrogen and oxygen atoms in total. The third-order valence-corrected chi connectivity index (χ3v) is 4.50. The highest BCUT2D eigenvalue weighted by atomic mass is 35.5. The van der Waals surface area contributed by atoms with Gasteiger partial charge in [0.25, 0.3) is 5.91 Å². The van der Waals surface area contributed by atoms with Crippen LogP contribution in [0.2, 0.25) is 10.0 Å². The summed E-state index contributed by atoms with van der Waals surface area (Å²) in [5.74, 6) is -0.332. The maximum Gasteiger partial charge on any atom is 0.270 e. The van der Waals surface area contributed by atoms with Crippen LogP contribution in [0.25, 0.3) is 0 Å². The number of nitrogens with two attached hydrogens (primary N) is 1. The largest absolute Gasteiger partial charge is 0.394 e. The number of hydrogen-bond donors (Lipinski definition) is 2. The van der Waals surface area contributed by atoms with Gasteiger partial charge < -0.3 is 20.9 Å². The highest BCUT2D eigenvalue weighted by Crippen LogP contribution is 2.26. The van der Waals surface area contributed by atoms with Crippen molar-refractivity contribution in [1.29, 1.82) is 5.41 Å². The number of carbonyl (C=O) groups excluding carboxylic acids is 1. The van der Waals surface area contributed by atoms with Gasteiger partial charge in [-0.3, -0.25) is 4.79 Å². The maximum absolute atomic E-state index is 12.6. The average Bonchev–Trinajstić information content (AvgIpc) is 2.56. The molecule has 0 bridgehead atoms. The number of carbonyl (C=O) groups is 1. The second kappa shape index (κ2) is 10.3. The first-order valence-corrected chi connectivity index (χ1v) is 8.60. The van der Waals surface area contributed by atoms with Gasteiger partial charge in [-0.05, 0) is 31.3 Å². The number of nitrogens with one attached hydrogen (secondary N) is 1. The van der Waals surface area contributed by atoms with Gasteiger partial charge in [0, 0.05) is 41.5 Å². The third-order valence-electron chi connectivity index (χ3n) is 3.79. The molecule has 24 heavy (non-hydrogen) atoms. The first-order valence-electron chi connectivity index (χ1n) is 7.85. The third kappa shape index (κ3) is 5.82. The second-order valence-corrected chi connectivity index (χ2v) is 6.06. The molecule has 132 valence electrons. The Bertz CT molecular complexity index is 580. The Morgan fingerprint density at radius 3 is 2.29 bits per heavy atom. The van der Waals surface area contributed by atoms with E-state index in [1.165, 1.54) is 6.08 Å². The van der Waals surface area contributed by atoms with Gasteiger partial charge in [-0.15, -0.1) is 0 Å². The highest BCUT2D eigenvalue weighted by Gasteiger charge is 2.19. The van der Waals surface area contributed by atoms with Crippen LogP contribution in [-0.2, 0) is 11.3 Å². The molecule has 0 fully saturated rings. The molecule has 0 atom stereocenters. The van der Waals surface area contributed by atoms with Crippen molar-refractivity contribution < 1.29 is 4.79 Å². The van der Waals surface area contributed by atoms with E-state index < -0.39 is 0 Å². The molecule has 0 aromatic heterocycles. The summed E-state index contributed by atoms with van der Waals surface area (Å²) in [6.07, 6.45) is 2.28. The summed E-state index contributed by atoms with van der Waals surface area (Å²) in [6.45, 7) is 7.43. The SMILES string of the molecule is CCN(CC)CCN(Cc1c(Cl)cccc1Cl)C(=O)/C(N)=C/C=N. The molecule has 0 saturated heterocycles. The molecular weight excluding hydrogens is 347 g/mol. The molecule has 1 aromatic rings. The van der Waals surface area contributed by atoms with Gasteiger partial charge in [0.05, 0.1) is 5.70 Å². The Balaban J connectivity index is 3.02. The Hall–Kier alpha value is -1.56.